The van der Waals surface area contributed by atoms with Gasteiger partial charge in [-0.3, -0.25) is 4.79 Å². The summed E-state index contributed by atoms with van der Waals surface area (Å²) in [6.07, 6.45) is -2.54. The minimum atomic E-state index is -4.14. The molecule has 0 aliphatic heterocycles. The fourth-order valence-electron chi connectivity index (χ4n) is 1.84. The molecule has 0 radical (unpaired) electrons. The Morgan fingerprint density at radius 3 is 2.41 bits per heavy atom. The van der Waals surface area contributed by atoms with E-state index in [1.165, 1.54) is 7.11 Å². The quantitative estimate of drug-likeness (QED) is 0.540. The Morgan fingerprint density at radius 1 is 1.35 bits per heavy atom. The number of esters is 1. The molecule has 0 heterocycles. The molecule has 3 nitrogen and oxygen atoms in total. The minimum Gasteiger partial charge on any atom is -0.469 e. The van der Waals surface area contributed by atoms with E-state index in [1.54, 1.807) is 0 Å². The van der Waals surface area contributed by atoms with Crippen LogP contribution in [-0.4, -0.2) is 31.5 Å². The maximum atomic E-state index is 11.9. The van der Waals surface area contributed by atoms with Crippen LogP contribution >= 0.6 is 0 Å². The topological polar surface area (TPSA) is 35.5 Å². The molecule has 6 heteroatoms. The van der Waals surface area contributed by atoms with Crippen LogP contribution in [0.1, 0.15) is 38.5 Å². The molecule has 1 fully saturated rings. The highest BCUT2D eigenvalue weighted by molar-refractivity contribution is 5.70. The summed E-state index contributed by atoms with van der Waals surface area (Å²) in [6.45, 7) is 0.0382. The zero-order valence-corrected chi connectivity index (χ0v) is 9.81. The van der Waals surface area contributed by atoms with Crippen LogP contribution in [-0.2, 0) is 14.3 Å². The zero-order valence-electron chi connectivity index (χ0n) is 9.81. The van der Waals surface area contributed by atoms with Crippen molar-refractivity contribution in [2.24, 2.45) is 0 Å². The Bertz CT molecular complexity index is 259. The summed E-state index contributed by atoms with van der Waals surface area (Å²) < 4.78 is 45.7. The number of rotatable bonds is 6. The summed E-state index contributed by atoms with van der Waals surface area (Å²) in [7, 11) is 1.29. The normalized spacial score (nSPS) is 18.6. The number of hydrogen-bond acceptors (Lipinski definition) is 3. The molecular formula is C11H17F3O3. The number of hydrogen-bond donors (Lipinski definition) is 0. The van der Waals surface area contributed by atoms with Crippen LogP contribution in [0.2, 0.25) is 0 Å². The average molecular weight is 254 g/mol. The molecule has 0 amide bonds. The zero-order chi connectivity index (χ0) is 12.9. The van der Waals surface area contributed by atoms with E-state index in [2.05, 4.69) is 4.74 Å². The van der Waals surface area contributed by atoms with Gasteiger partial charge in [0.25, 0.3) is 0 Å². The van der Waals surface area contributed by atoms with E-state index < -0.39 is 18.2 Å². The first-order chi connectivity index (χ1) is 7.87. The number of halogens is 3. The number of carbonyl (C=O) groups excluding carboxylic acids is 1. The second-order valence-corrected chi connectivity index (χ2v) is 4.36. The first kappa shape index (κ1) is 14.3. The molecule has 0 bridgehead atoms. The Balaban J connectivity index is 2.25. The second kappa shape index (κ2) is 5.71. The number of ether oxygens (including phenoxy) is 2. The Labute approximate surface area is 98.3 Å². The van der Waals surface area contributed by atoms with Crippen molar-refractivity contribution in [3.05, 3.63) is 0 Å². The third-order valence-corrected chi connectivity index (χ3v) is 2.97. The van der Waals surface area contributed by atoms with Crippen molar-refractivity contribution in [1.82, 2.24) is 0 Å². The van der Waals surface area contributed by atoms with Crippen LogP contribution in [0.3, 0.4) is 0 Å². The summed E-state index contributed by atoms with van der Waals surface area (Å²) in [5, 5.41) is 0. The van der Waals surface area contributed by atoms with E-state index in [9.17, 15) is 18.0 Å². The van der Waals surface area contributed by atoms with Gasteiger partial charge >= 0.3 is 12.1 Å². The van der Waals surface area contributed by atoms with Crippen LogP contribution in [0.15, 0.2) is 0 Å². The van der Waals surface area contributed by atoms with Gasteiger partial charge in [0.1, 0.15) is 0 Å². The lowest BCUT2D eigenvalue weighted by atomic mass is 9.77. The second-order valence-electron chi connectivity index (χ2n) is 4.36. The standard InChI is InChI=1S/C11H17F3O3/c1-16-9(15)8-10(4-2-5-10)17-7-3-6-11(12,13)14/h2-8H2,1H3. The fraction of sp³-hybridized carbons (Fsp3) is 0.909. The lowest BCUT2D eigenvalue weighted by molar-refractivity contribution is -0.163. The van der Waals surface area contributed by atoms with Gasteiger partial charge in [0, 0.05) is 13.0 Å². The van der Waals surface area contributed by atoms with Gasteiger partial charge in [-0.25, -0.2) is 0 Å². The molecule has 100 valence electrons. The molecule has 1 aliphatic rings. The van der Waals surface area contributed by atoms with Crippen molar-refractivity contribution in [3.8, 4) is 0 Å². The van der Waals surface area contributed by atoms with Gasteiger partial charge in [0.15, 0.2) is 0 Å². The van der Waals surface area contributed by atoms with Crippen molar-refractivity contribution in [3.63, 3.8) is 0 Å². The maximum Gasteiger partial charge on any atom is 0.389 e. The van der Waals surface area contributed by atoms with Crippen LogP contribution in [0.5, 0.6) is 0 Å². The van der Waals surface area contributed by atoms with E-state index >= 15 is 0 Å². The van der Waals surface area contributed by atoms with Gasteiger partial charge in [-0.2, -0.15) is 13.2 Å². The Morgan fingerprint density at radius 2 is 2.00 bits per heavy atom. The van der Waals surface area contributed by atoms with E-state index in [1.807, 2.05) is 0 Å². The predicted molar refractivity (Wildman–Crippen MR) is 54.5 cm³/mol. The average Bonchev–Trinajstić information content (AvgIpc) is 2.18. The summed E-state index contributed by atoms with van der Waals surface area (Å²) in [5.41, 5.74) is -0.571. The molecule has 0 atom stereocenters. The SMILES string of the molecule is COC(=O)CC1(OCCCC(F)(F)F)CCC1. The number of alkyl halides is 3. The highest BCUT2D eigenvalue weighted by Gasteiger charge is 2.40. The molecule has 0 aromatic rings. The Kier molecular flexibility index (Phi) is 4.80. The molecule has 0 spiro atoms. The smallest absolute Gasteiger partial charge is 0.389 e. The van der Waals surface area contributed by atoms with E-state index in [4.69, 9.17) is 4.74 Å². The van der Waals surface area contributed by atoms with Crippen LogP contribution in [0, 0.1) is 0 Å². The highest BCUT2D eigenvalue weighted by Crippen LogP contribution is 2.39. The first-order valence-corrected chi connectivity index (χ1v) is 5.64. The van der Waals surface area contributed by atoms with E-state index in [0.717, 1.165) is 6.42 Å². The Hall–Kier alpha value is -0.780. The molecule has 0 saturated heterocycles. The molecule has 0 aromatic carbocycles. The minimum absolute atomic E-state index is 0.0382. The van der Waals surface area contributed by atoms with E-state index in [-0.39, 0.29) is 25.4 Å². The molecule has 1 rings (SSSR count). The molecular weight excluding hydrogens is 237 g/mol. The van der Waals surface area contributed by atoms with Crippen LogP contribution in [0.25, 0.3) is 0 Å². The number of carbonyl (C=O) groups is 1. The molecule has 1 saturated carbocycles. The van der Waals surface area contributed by atoms with Crippen molar-refractivity contribution >= 4 is 5.97 Å². The summed E-state index contributed by atoms with van der Waals surface area (Å²) in [5.74, 6) is -0.375. The largest absolute Gasteiger partial charge is 0.469 e. The van der Waals surface area contributed by atoms with Crippen molar-refractivity contribution < 1.29 is 27.4 Å². The van der Waals surface area contributed by atoms with Gasteiger partial charge in [-0.05, 0) is 25.7 Å². The molecule has 17 heavy (non-hydrogen) atoms. The van der Waals surface area contributed by atoms with Gasteiger partial charge in [-0.1, -0.05) is 0 Å². The summed E-state index contributed by atoms with van der Waals surface area (Å²) in [6, 6.07) is 0. The molecule has 0 N–H and O–H groups in total. The first-order valence-electron chi connectivity index (χ1n) is 5.64. The number of methoxy groups -OCH3 is 1. The van der Waals surface area contributed by atoms with E-state index in [0.29, 0.717) is 12.8 Å². The molecule has 1 aliphatic carbocycles. The van der Waals surface area contributed by atoms with Crippen molar-refractivity contribution in [2.75, 3.05) is 13.7 Å². The molecule has 0 unspecified atom stereocenters. The summed E-state index contributed by atoms with van der Waals surface area (Å²) >= 11 is 0. The van der Waals surface area contributed by atoms with Gasteiger partial charge < -0.3 is 9.47 Å². The fourth-order valence-corrected chi connectivity index (χ4v) is 1.84. The highest BCUT2D eigenvalue weighted by atomic mass is 19.4. The van der Waals surface area contributed by atoms with Crippen LogP contribution < -0.4 is 0 Å². The monoisotopic (exact) mass is 254 g/mol. The van der Waals surface area contributed by atoms with Gasteiger partial charge in [0.2, 0.25) is 0 Å². The van der Waals surface area contributed by atoms with Gasteiger partial charge in [-0.15, -0.1) is 0 Å². The van der Waals surface area contributed by atoms with Crippen molar-refractivity contribution in [1.29, 1.82) is 0 Å². The maximum absolute atomic E-state index is 11.9. The predicted octanol–water partition coefficient (Wildman–Crippen LogP) is 2.83. The molecule has 0 aromatic heterocycles. The van der Waals surface area contributed by atoms with Crippen LogP contribution in [0.4, 0.5) is 13.2 Å². The summed E-state index contributed by atoms with van der Waals surface area (Å²) in [4.78, 5) is 11.1. The third-order valence-electron chi connectivity index (χ3n) is 2.97. The third kappa shape index (κ3) is 4.93. The lowest BCUT2D eigenvalue weighted by Gasteiger charge is -2.40. The van der Waals surface area contributed by atoms with Gasteiger partial charge in [0.05, 0.1) is 19.1 Å². The lowest BCUT2D eigenvalue weighted by Crippen LogP contribution is -2.42. The van der Waals surface area contributed by atoms with Crippen molar-refractivity contribution in [2.45, 2.75) is 50.3 Å².